The molecule has 1 fully saturated rings. The zero-order chi connectivity index (χ0) is 22.0. The molecule has 1 aliphatic heterocycles. The Bertz CT molecular complexity index is 1020. The number of aliphatic hydroxyl groups excluding tert-OH is 2. The number of nitrogens with zero attached hydrogens (tertiary/aromatic N) is 2. The fourth-order valence-corrected chi connectivity index (χ4v) is 2.92. The van der Waals surface area contributed by atoms with E-state index in [2.05, 4.69) is 16.9 Å². The van der Waals surface area contributed by atoms with Crippen molar-refractivity contribution >= 4 is 11.7 Å². The second-order valence-corrected chi connectivity index (χ2v) is 6.41. The number of carbonyl (C=O) groups is 1. The van der Waals surface area contributed by atoms with Gasteiger partial charge in [-0.3, -0.25) is 9.36 Å². The van der Waals surface area contributed by atoms with Gasteiger partial charge in [-0.15, -0.1) is 0 Å². The molecule has 0 spiro atoms. The molecule has 1 aromatic carbocycles. The van der Waals surface area contributed by atoms with E-state index in [1.54, 1.807) is 6.07 Å². The molecule has 1 aromatic heterocycles. The van der Waals surface area contributed by atoms with Crippen LogP contribution in [0.5, 0.6) is 11.5 Å². The van der Waals surface area contributed by atoms with Crippen molar-refractivity contribution in [3.8, 4) is 11.5 Å². The highest BCUT2D eigenvalue weighted by Gasteiger charge is 2.39. The average Bonchev–Trinajstić information content (AvgIpc) is 3.03. The molecular formula is C19H20FN3O7. The molecule has 0 aliphatic carbocycles. The second kappa shape index (κ2) is 8.61. The largest absolute Gasteiger partial charge is 0.497 e. The van der Waals surface area contributed by atoms with Crippen molar-refractivity contribution in [2.45, 2.75) is 18.4 Å². The summed E-state index contributed by atoms with van der Waals surface area (Å²) in [5, 5.41) is 21.4. The number of methoxy groups -OCH3 is 2. The molecule has 0 saturated carbocycles. The van der Waals surface area contributed by atoms with Gasteiger partial charge in [0.15, 0.2) is 17.9 Å². The van der Waals surface area contributed by atoms with Crippen molar-refractivity contribution in [2.24, 2.45) is 0 Å². The van der Waals surface area contributed by atoms with E-state index in [1.807, 2.05) is 0 Å². The number of rotatable bonds is 6. The van der Waals surface area contributed by atoms with Crippen LogP contribution in [0.15, 0.2) is 41.3 Å². The lowest BCUT2D eigenvalue weighted by Gasteiger charge is -2.16. The number of aliphatic hydroxyl groups is 2. The Morgan fingerprint density at radius 2 is 1.97 bits per heavy atom. The molecule has 3 N–H and O–H groups in total. The fourth-order valence-electron chi connectivity index (χ4n) is 2.92. The van der Waals surface area contributed by atoms with Crippen molar-refractivity contribution < 1.29 is 33.6 Å². The monoisotopic (exact) mass is 421 g/mol. The number of aromatic nitrogens is 2. The maximum absolute atomic E-state index is 14.6. The molecule has 0 bridgehead atoms. The average molecular weight is 421 g/mol. The molecule has 0 radical (unpaired) electrons. The number of nitrogens with one attached hydrogen (secondary N) is 1. The van der Waals surface area contributed by atoms with Gasteiger partial charge in [0, 0.05) is 17.2 Å². The highest BCUT2D eigenvalue weighted by Crippen LogP contribution is 2.32. The first-order chi connectivity index (χ1) is 14.3. The quantitative estimate of drug-likeness (QED) is 0.573. The van der Waals surface area contributed by atoms with E-state index in [4.69, 9.17) is 14.2 Å². The Kier molecular flexibility index (Phi) is 6.15. The summed E-state index contributed by atoms with van der Waals surface area (Å²) in [5.74, 6) is -1.66. The summed E-state index contributed by atoms with van der Waals surface area (Å²) in [6.45, 7) is 3.10. The van der Waals surface area contributed by atoms with E-state index >= 15 is 0 Å². The maximum Gasteiger partial charge on any atom is 0.352 e. The number of halogens is 1. The summed E-state index contributed by atoms with van der Waals surface area (Å²) in [4.78, 5) is 28.4. The topological polar surface area (TPSA) is 132 Å². The summed E-state index contributed by atoms with van der Waals surface area (Å²) < 4.78 is 30.9. The van der Waals surface area contributed by atoms with Crippen LogP contribution >= 0.6 is 0 Å². The van der Waals surface area contributed by atoms with Gasteiger partial charge in [-0.25, -0.2) is 9.18 Å². The Labute approximate surface area is 170 Å². The third-order valence-electron chi connectivity index (χ3n) is 4.54. The fraction of sp³-hybridized carbons (Fsp3) is 0.316. The molecule has 10 nitrogen and oxygen atoms in total. The van der Waals surface area contributed by atoms with Gasteiger partial charge in [0.1, 0.15) is 23.7 Å². The second-order valence-electron chi connectivity index (χ2n) is 6.41. The minimum absolute atomic E-state index is 0.0672. The normalized spacial score (nSPS) is 20.8. The van der Waals surface area contributed by atoms with Crippen LogP contribution < -0.4 is 20.5 Å². The molecule has 160 valence electrons. The molecule has 0 unspecified atom stereocenters. The zero-order valence-electron chi connectivity index (χ0n) is 16.2. The third-order valence-corrected chi connectivity index (χ3v) is 4.54. The Morgan fingerprint density at radius 3 is 2.50 bits per heavy atom. The van der Waals surface area contributed by atoms with E-state index in [-0.39, 0.29) is 11.1 Å². The van der Waals surface area contributed by atoms with Gasteiger partial charge in [0.25, 0.3) is 5.91 Å². The minimum Gasteiger partial charge on any atom is -0.497 e. The smallest absolute Gasteiger partial charge is 0.352 e. The third kappa shape index (κ3) is 4.03. The van der Waals surface area contributed by atoms with Crippen molar-refractivity contribution in [1.29, 1.82) is 0 Å². The number of benzene rings is 1. The van der Waals surface area contributed by atoms with Crippen LogP contribution in [0.4, 0.5) is 10.2 Å². The van der Waals surface area contributed by atoms with Gasteiger partial charge >= 0.3 is 5.69 Å². The lowest BCUT2D eigenvalue weighted by Crippen LogP contribution is -2.30. The maximum atomic E-state index is 14.6. The molecule has 1 amide bonds. The number of ether oxygens (including phenoxy) is 3. The van der Waals surface area contributed by atoms with Crippen LogP contribution in [-0.2, 0) is 4.74 Å². The minimum atomic E-state index is -1.22. The van der Waals surface area contributed by atoms with Crippen LogP contribution in [0, 0.1) is 5.82 Å². The molecule has 3 rings (SSSR count). The first-order valence-electron chi connectivity index (χ1n) is 8.75. The van der Waals surface area contributed by atoms with Crippen LogP contribution in [0.2, 0.25) is 0 Å². The first kappa shape index (κ1) is 21.4. The van der Waals surface area contributed by atoms with Gasteiger partial charge in [-0.2, -0.15) is 4.98 Å². The molecule has 3 atom stereocenters. The van der Waals surface area contributed by atoms with E-state index in [0.717, 1.165) is 10.8 Å². The summed E-state index contributed by atoms with van der Waals surface area (Å²) in [5.41, 5.74) is -0.789. The summed E-state index contributed by atoms with van der Waals surface area (Å²) >= 11 is 0. The lowest BCUT2D eigenvalue weighted by molar-refractivity contribution is -0.0449. The number of hydrogen-bond donors (Lipinski definition) is 3. The molecule has 1 aliphatic rings. The Balaban J connectivity index is 1.87. The van der Waals surface area contributed by atoms with Gasteiger partial charge in [-0.1, -0.05) is 6.58 Å². The molecule has 1 saturated heterocycles. The van der Waals surface area contributed by atoms with Crippen LogP contribution in [0.25, 0.3) is 0 Å². The van der Waals surface area contributed by atoms with Crippen molar-refractivity contribution in [3.05, 3.63) is 58.4 Å². The number of anilines is 1. The van der Waals surface area contributed by atoms with E-state index < -0.39 is 48.3 Å². The van der Waals surface area contributed by atoms with Crippen molar-refractivity contribution in [1.82, 2.24) is 9.55 Å². The molecule has 11 heteroatoms. The predicted octanol–water partition coefficient (Wildman–Crippen LogP) is 0.459. The molecule has 2 heterocycles. The van der Waals surface area contributed by atoms with Crippen molar-refractivity contribution in [3.63, 3.8) is 0 Å². The SMILES string of the molecule is C=C1[C@H](n2cc(F)c(NC(=O)c3cc(OC)cc(OC)c3)nc2=O)O[C@H](CO)[C@H]1O. The van der Waals surface area contributed by atoms with Crippen molar-refractivity contribution in [2.75, 3.05) is 26.1 Å². The lowest BCUT2D eigenvalue weighted by atomic mass is 10.1. The molecule has 30 heavy (non-hydrogen) atoms. The summed E-state index contributed by atoms with van der Waals surface area (Å²) in [6.07, 6.45) is -2.66. The van der Waals surface area contributed by atoms with E-state index in [1.165, 1.54) is 26.4 Å². The summed E-state index contributed by atoms with van der Waals surface area (Å²) in [6, 6.07) is 4.37. The standard InChI is InChI=1S/C19H20FN3O7/c1-9-15(25)14(8-24)30-18(9)23-7-13(20)16(22-19(23)27)21-17(26)10-4-11(28-2)6-12(5-10)29-3/h4-7,14-15,18,24-25H,1,8H2,2-3H3,(H,21,22,26,27)/t14-,15+,18-/m1/s1. The Morgan fingerprint density at radius 1 is 1.33 bits per heavy atom. The Hall–Kier alpha value is -3.28. The highest BCUT2D eigenvalue weighted by atomic mass is 19.1. The number of hydrogen-bond acceptors (Lipinski definition) is 8. The van der Waals surface area contributed by atoms with Gasteiger partial charge in [0.2, 0.25) is 0 Å². The summed E-state index contributed by atoms with van der Waals surface area (Å²) in [7, 11) is 2.82. The zero-order valence-corrected chi connectivity index (χ0v) is 16.2. The number of amides is 1. The number of carbonyl (C=O) groups excluding carboxylic acids is 1. The van der Waals surface area contributed by atoms with Crippen LogP contribution in [0.3, 0.4) is 0 Å². The van der Waals surface area contributed by atoms with Gasteiger partial charge < -0.3 is 29.7 Å². The highest BCUT2D eigenvalue weighted by molar-refractivity contribution is 6.04. The molecule has 2 aromatic rings. The van der Waals surface area contributed by atoms with E-state index in [0.29, 0.717) is 11.5 Å². The molecular weight excluding hydrogens is 401 g/mol. The van der Waals surface area contributed by atoms with Crippen LogP contribution in [0.1, 0.15) is 16.6 Å². The van der Waals surface area contributed by atoms with E-state index in [9.17, 15) is 24.2 Å². The van der Waals surface area contributed by atoms with Gasteiger partial charge in [0.05, 0.1) is 27.0 Å². The first-order valence-corrected chi connectivity index (χ1v) is 8.75. The predicted molar refractivity (Wildman–Crippen MR) is 102 cm³/mol. The van der Waals surface area contributed by atoms with Gasteiger partial charge in [-0.05, 0) is 12.1 Å². The van der Waals surface area contributed by atoms with Crippen LogP contribution in [-0.4, -0.2) is 58.7 Å².